The van der Waals surface area contributed by atoms with E-state index in [4.69, 9.17) is 0 Å². The fraction of sp³-hybridized carbons (Fsp3) is 0.350. The highest BCUT2D eigenvalue weighted by Crippen LogP contribution is 2.36. The van der Waals surface area contributed by atoms with Crippen molar-refractivity contribution < 1.29 is 9.72 Å². The minimum Gasteiger partial charge on any atom is -0.338 e. The molecule has 4 heterocycles. The number of aromatic nitrogens is 5. The summed E-state index contributed by atoms with van der Waals surface area (Å²) in [5.74, 6) is 0.0272. The maximum atomic E-state index is 13.1. The van der Waals surface area contributed by atoms with Gasteiger partial charge in [-0.25, -0.2) is 4.68 Å². The Labute approximate surface area is 176 Å². The Hall–Kier alpha value is -3.89. The molecule has 158 valence electrons. The molecular formula is C20H19N7O4. The average molecular weight is 421 g/mol. The molecular weight excluding hydrogens is 402 g/mol. The van der Waals surface area contributed by atoms with Gasteiger partial charge in [0, 0.05) is 42.9 Å². The first-order valence-corrected chi connectivity index (χ1v) is 9.96. The summed E-state index contributed by atoms with van der Waals surface area (Å²) in [5.41, 5.74) is 1.38. The number of nitro groups is 1. The molecule has 5 rings (SSSR count). The Morgan fingerprint density at radius 3 is 2.65 bits per heavy atom. The summed E-state index contributed by atoms with van der Waals surface area (Å²) in [6.45, 7) is 1.92. The van der Waals surface area contributed by atoms with Crippen LogP contribution < -0.4 is 5.56 Å². The molecule has 0 spiro atoms. The van der Waals surface area contributed by atoms with Crippen LogP contribution in [-0.4, -0.2) is 53.6 Å². The topological polar surface area (TPSA) is 129 Å². The standard InChI is InChI=1S/C20H19N7O4/c28-19(15-3-1-13(2-4-15)9-25-12-21-22-23-25)24-8-14-7-16(11-24)17-5-6-18(27(30)31)20(29)26(17)10-14/h1-6,12,14,16H,7-11H2. The number of carbonyl (C=O) groups excluding carboxylic acids is 1. The van der Waals surface area contributed by atoms with Crippen molar-refractivity contribution >= 4 is 11.6 Å². The zero-order valence-corrected chi connectivity index (χ0v) is 16.5. The van der Waals surface area contributed by atoms with Crippen LogP contribution >= 0.6 is 0 Å². The van der Waals surface area contributed by atoms with Crippen LogP contribution in [0.4, 0.5) is 5.69 Å². The van der Waals surface area contributed by atoms with E-state index in [0.717, 1.165) is 17.7 Å². The van der Waals surface area contributed by atoms with Crippen LogP contribution in [0, 0.1) is 16.0 Å². The van der Waals surface area contributed by atoms with Gasteiger partial charge in [0.15, 0.2) is 0 Å². The molecule has 2 aliphatic heterocycles. The Morgan fingerprint density at radius 1 is 1.13 bits per heavy atom. The molecule has 1 fully saturated rings. The molecule has 1 saturated heterocycles. The molecule has 3 aromatic rings. The Balaban J connectivity index is 1.34. The number of likely N-dealkylation sites (tertiary alicyclic amines) is 1. The van der Waals surface area contributed by atoms with E-state index >= 15 is 0 Å². The second-order valence-corrected chi connectivity index (χ2v) is 8.03. The highest BCUT2D eigenvalue weighted by atomic mass is 16.6. The summed E-state index contributed by atoms with van der Waals surface area (Å²) in [5, 5.41) is 22.1. The van der Waals surface area contributed by atoms with Crippen molar-refractivity contribution in [2.75, 3.05) is 13.1 Å². The lowest BCUT2D eigenvalue weighted by Crippen LogP contribution is -2.49. The van der Waals surface area contributed by atoms with Crippen molar-refractivity contribution in [3.63, 3.8) is 0 Å². The number of hydrogen-bond donors (Lipinski definition) is 0. The molecule has 0 aliphatic carbocycles. The lowest BCUT2D eigenvalue weighted by atomic mass is 9.83. The van der Waals surface area contributed by atoms with E-state index in [1.165, 1.54) is 17.0 Å². The molecule has 31 heavy (non-hydrogen) atoms. The highest BCUT2D eigenvalue weighted by Gasteiger charge is 2.37. The second-order valence-electron chi connectivity index (χ2n) is 8.03. The number of carbonyl (C=O) groups is 1. The van der Waals surface area contributed by atoms with Crippen molar-refractivity contribution in [2.24, 2.45) is 5.92 Å². The smallest absolute Gasteiger partial charge is 0.334 e. The van der Waals surface area contributed by atoms with Gasteiger partial charge in [-0.05, 0) is 46.5 Å². The number of rotatable bonds is 4. The van der Waals surface area contributed by atoms with Gasteiger partial charge < -0.3 is 9.47 Å². The molecule has 2 atom stereocenters. The van der Waals surface area contributed by atoms with Crippen LogP contribution in [0.15, 0.2) is 47.5 Å². The maximum absolute atomic E-state index is 13.1. The summed E-state index contributed by atoms with van der Waals surface area (Å²) >= 11 is 0. The van der Waals surface area contributed by atoms with Crippen LogP contribution in [0.1, 0.15) is 34.0 Å². The summed E-state index contributed by atoms with van der Waals surface area (Å²) in [7, 11) is 0. The molecule has 2 bridgehead atoms. The number of hydrogen-bond acceptors (Lipinski definition) is 7. The summed E-state index contributed by atoms with van der Waals surface area (Å²) in [6, 6.07) is 10.3. The number of piperidine rings is 1. The minimum atomic E-state index is -0.640. The third kappa shape index (κ3) is 3.47. The molecule has 0 N–H and O–H groups in total. The van der Waals surface area contributed by atoms with Crippen molar-refractivity contribution in [1.82, 2.24) is 29.7 Å². The van der Waals surface area contributed by atoms with Gasteiger partial charge in [-0.3, -0.25) is 19.7 Å². The molecule has 11 heteroatoms. The average Bonchev–Trinajstić information content (AvgIpc) is 3.27. The monoisotopic (exact) mass is 421 g/mol. The number of pyridine rings is 1. The first-order chi connectivity index (χ1) is 15.0. The van der Waals surface area contributed by atoms with Crippen molar-refractivity contribution in [3.05, 3.63) is 80.0 Å². The normalized spacial score (nSPS) is 19.7. The van der Waals surface area contributed by atoms with E-state index in [-0.39, 0.29) is 17.7 Å². The summed E-state index contributed by atoms with van der Waals surface area (Å²) in [6.07, 6.45) is 2.40. The maximum Gasteiger partial charge on any atom is 0.334 e. The SMILES string of the molecule is O=C(c1ccc(Cn2cnnn2)cc1)N1CC2CC(C1)c1ccc([N+](=O)[O-])c(=O)n1C2. The number of amides is 1. The van der Waals surface area contributed by atoms with Crippen LogP contribution in [0.5, 0.6) is 0 Å². The van der Waals surface area contributed by atoms with Crippen molar-refractivity contribution in [2.45, 2.75) is 25.4 Å². The number of fused-ring (bicyclic) bond motifs is 4. The van der Waals surface area contributed by atoms with Gasteiger partial charge in [0.25, 0.3) is 5.91 Å². The van der Waals surface area contributed by atoms with Gasteiger partial charge in [0.1, 0.15) is 6.33 Å². The summed E-state index contributed by atoms with van der Waals surface area (Å²) in [4.78, 5) is 37.9. The molecule has 2 aliphatic rings. The van der Waals surface area contributed by atoms with Crippen molar-refractivity contribution in [3.8, 4) is 0 Å². The van der Waals surface area contributed by atoms with Gasteiger partial charge in [0.05, 0.1) is 11.5 Å². The minimum absolute atomic E-state index is 0.0101. The van der Waals surface area contributed by atoms with Gasteiger partial charge in [-0.1, -0.05) is 12.1 Å². The van der Waals surface area contributed by atoms with E-state index in [9.17, 15) is 19.7 Å². The third-order valence-corrected chi connectivity index (χ3v) is 6.00. The number of tetrazole rings is 1. The zero-order chi connectivity index (χ0) is 21.5. The molecule has 2 unspecified atom stereocenters. The van der Waals surface area contributed by atoms with Gasteiger partial charge in [-0.15, -0.1) is 5.10 Å². The number of nitrogens with zero attached hydrogens (tertiary/aromatic N) is 7. The van der Waals surface area contributed by atoms with Crippen LogP contribution in [-0.2, 0) is 13.1 Å². The zero-order valence-electron chi connectivity index (χ0n) is 16.5. The van der Waals surface area contributed by atoms with Gasteiger partial charge >= 0.3 is 11.2 Å². The third-order valence-electron chi connectivity index (χ3n) is 6.00. The van der Waals surface area contributed by atoms with E-state index in [0.29, 0.717) is 31.7 Å². The summed E-state index contributed by atoms with van der Waals surface area (Å²) < 4.78 is 3.12. The molecule has 2 aromatic heterocycles. The Kier molecular flexibility index (Phi) is 4.57. The first-order valence-electron chi connectivity index (χ1n) is 9.96. The molecule has 1 amide bonds. The largest absolute Gasteiger partial charge is 0.338 e. The van der Waals surface area contributed by atoms with Gasteiger partial charge in [-0.2, -0.15) is 0 Å². The molecule has 1 aromatic carbocycles. The van der Waals surface area contributed by atoms with E-state index < -0.39 is 16.2 Å². The van der Waals surface area contributed by atoms with Crippen LogP contribution in [0.25, 0.3) is 0 Å². The van der Waals surface area contributed by atoms with Gasteiger partial charge in [0.2, 0.25) is 0 Å². The predicted octanol–water partition coefficient (Wildman–Crippen LogP) is 1.05. The quantitative estimate of drug-likeness (QED) is 0.455. The van der Waals surface area contributed by atoms with Crippen LogP contribution in [0.2, 0.25) is 0 Å². The predicted molar refractivity (Wildman–Crippen MR) is 107 cm³/mol. The fourth-order valence-corrected chi connectivity index (χ4v) is 4.61. The first kappa shape index (κ1) is 19.1. The number of benzene rings is 1. The lowest BCUT2D eigenvalue weighted by Gasteiger charge is -2.42. The highest BCUT2D eigenvalue weighted by molar-refractivity contribution is 5.94. The Bertz CT molecular complexity index is 1200. The lowest BCUT2D eigenvalue weighted by molar-refractivity contribution is -0.386. The van der Waals surface area contributed by atoms with Crippen molar-refractivity contribution in [1.29, 1.82) is 0 Å². The van der Waals surface area contributed by atoms with E-state index in [1.54, 1.807) is 22.9 Å². The molecule has 0 saturated carbocycles. The van der Waals surface area contributed by atoms with E-state index in [2.05, 4.69) is 15.5 Å². The molecule has 0 radical (unpaired) electrons. The van der Waals surface area contributed by atoms with E-state index in [1.807, 2.05) is 17.0 Å². The molecule has 11 nitrogen and oxygen atoms in total. The fourth-order valence-electron chi connectivity index (χ4n) is 4.61. The Morgan fingerprint density at radius 2 is 1.94 bits per heavy atom. The second kappa shape index (κ2) is 7.42. The van der Waals surface area contributed by atoms with Crippen LogP contribution in [0.3, 0.4) is 0 Å².